The highest BCUT2D eigenvalue weighted by Gasteiger charge is 2.40. The van der Waals surface area contributed by atoms with Gasteiger partial charge in [0.25, 0.3) is 0 Å². The number of carbonyl (C=O) groups excluding carboxylic acids is 2. The minimum Gasteiger partial charge on any atom is -0.393 e. The van der Waals surface area contributed by atoms with Crippen LogP contribution in [-0.4, -0.2) is 52.7 Å². The molecule has 2 rings (SSSR count). The van der Waals surface area contributed by atoms with Gasteiger partial charge in [0.05, 0.1) is 12.6 Å². The van der Waals surface area contributed by atoms with Gasteiger partial charge in [-0.3, -0.25) is 15.0 Å². The molecular weight excluding hydrogens is 246 g/mol. The maximum absolute atomic E-state index is 11.8. The van der Waals surface area contributed by atoms with Crippen molar-refractivity contribution >= 4 is 11.9 Å². The Labute approximate surface area is 113 Å². The molecule has 19 heavy (non-hydrogen) atoms. The Bertz CT molecular complexity index is 345. The number of urea groups is 1. The number of carbonyl (C=O) groups is 2. The van der Waals surface area contributed by atoms with Gasteiger partial charge in [0.1, 0.15) is 0 Å². The molecule has 2 bridgehead atoms. The summed E-state index contributed by atoms with van der Waals surface area (Å²) < 4.78 is 0. The monoisotopic (exact) mass is 269 g/mol. The molecule has 3 N–H and O–H groups in total. The van der Waals surface area contributed by atoms with Crippen LogP contribution in [0.1, 0.15) is 39.5 Å². The molecule has 0 saturated carbocycles. The molecular formula is C13H23N3O3. The molecule has 6 heteroatoms. The fourth-order valence-corrected chi connectivity index (χ4v) is 3.13. The second-order valence-electron chi connectivity index (χ2n) is 5.86. The summed E-state index contributed by atoms with van der Waals surface area (Å²) in [5.74, 6) is -0.272. The zero-order valence-corrected chi connectivity index (χ0v) is 11.6. The van der Waals surface area contributed by atoms with Crippen LogP contribution in [0.4, 0.5) is 4.79 Å². The zero-order chi connectivity index (χ0) is 14.0. The van der Waals surface area contributed by atoms with Crippen LogP contribution in [0, 0.1) is 0 Å². The predicted octanol–water partition coefficient (Wildman–Crippen LogP) is 0.208. The molecule has 0 aliphatic carbocycles. The first-order valence-electron chi connectivity index (χ1n) is 7.00. The molecule has 2 heterocycles. The number of fused-ring (bicyclic) bond motifs is 2. The number of rotatable bonds is 3. The van der Waals surface area contributed by atoms with Gasteiger partial charge in [-0.25, -0.2) is 4.79 Å². The summed E-state index contributed by atoms with van der Waals surface area (Å²) in [6.45, 7) is 3.93. The van der Waals surface area contributed by atoms with Crippen LogP contribution in [0.2, 0.25) is 0 Å². The molecule has 6 nitrogen and oxygen atoms in total. The molecule has 0 radical (unpaired) electrons. The summed E-state index contributed by atoms with van der Waals surface area (Å²) in [6, 6.07) is 0.138. The van der Waals surface area contributed by atoms with Crippen LogP contribution in [-0.2, 0) is 4.79 Å². The number of amides is 3. The standard InChI is InChI=1S/C13H23N3O3/c1-8(2)14-13(19)15-12(18)7-16-9-3-4-10(16)6-11(17)5-9/h8-11,17H,3-7H2,1-2H3,(H2,14,15,18,19). The van der Waals surface area contributed by atoms with Crippen molar-refractivity contribution in [2.24, 2.45) is 0 Å². The third-order valence-corrected chi connectivity index (χ3v) is 3.86. The molecule has 0 aromatic heterocycles. The maximum Gasteiger partial charge on any atom is 0.321 e. The SMILES string of the molecule is CC(C)NC(=O)NC(=O)CN1C2CCC1CC(O)C2. The van der Waals surface area contributed by atoms with E-state index in [9.17, 15) is 14.7 Å². The quantitative estimate of drug-likeness (QED) is 0.684. The van der Waals surface area contributed by atoms with E-state index in [-0.39, 0.29) is 36.7 Å². The average Bonchev–Trinajstić information content (AvgIpc) is 2.53. The summed E-state index contributed by atoms with van der Waals surface area (Å²) in [5.41, 5.74) is 0. The van der Waals surface area contributed by atoms with Crippen molar-refractivity contribution in [3.63, 3.8) is 0 Å². The largest absolute Gasteiger partial charge is 0.393 e. The molecule has 2 aliphatic rings. The van der Waals surface area contributed by atoms with Gasteiger partial charge in [0, 0.05) is 18.1 Å². The van der Waals surface area contributed by atoms with E-state index in [0.717, 1.165) is 25.7 Å². The lowest BCUT2D eigenvalue weighted by atomic mass is 10.00. The van der Waals surface area contributed by atoms with Crippen molar-refractivity contribution in [3.05, 3.63) is 0 Å². The number of piperidine rings is 1. The van der Waals surface area contributed by atoms with Crippen molar-refractivity contribution in [1.82, 2.24) is 15.5 Å². The van der Waals surface area contributed by atoms with E-state index in [4.69, 9.17) is 0 Å². The summed E-state index contributed by atoms with van der Waals surface area (Å²) in [7, 11) is 0. The van der Waals surface area contributed by atoms with Gasteiger partial charge in [-0.15, -0.1) is 0 Å². The minimum atomic E-state index is -0.440. The highest BCUT2D eigenvalue weighted by atomic mass is 16.3. The van der Waals surface area contributed by atoms with E-state index in [1.165, 1.54) is 0 Å². The van der Waals surface area contributed by atoms with Crippen LogP contribution in [0.3, 0.4) is 0 Å². The lowest BCUT2D eigenvalue weighted by molar-refractivity contribution is -0.122. The lowest BCUT2D eigenvalue weighted by Gasteiger charge is -2.36. The Kier molecular flexibility index (Phi) is 4.42. The Balaban J connectivity index is 1.81. The molecule has 3 amide bonds. The summed E-state index contributed by atoms with van der Waals surface area (Å²) in [6.07, 6.45) is 3.31. The first-order valence-corrected chi connectivity index (χ1v) is 7.00. The summed E-state index contributed by atoms with van der Waals surface area (Å²) in [4.78, 5) is 25.4. The molecule has 2 aliphatic heterocycles. The fraction of sp³-hybridized carbons (Fsp3) is 0.846. The normalized spacial score (nSPS) is 30.4. The third-order valence-electron chi connectivity index (χ3n) is 3.86. The van der Waals surface area contributed by atoms with Gasteiger partial charge >= 0.3 is 6.03 Å². The van der Waals surface area contributed by atoms with E-state index in [2.05, 4.69) is 15.5 Å². The van der Waals surface area contributed by atoms with Gasteiger partial charge < -0.3 is 10.4 Å². The number of nitrogens with one attached hydrogen (secondary N) is 2. The first kappa shape index (κ1) is 14.3. The zero-order valence-electron chi connectivity index (χ0n) is 11.6. The van der Waals surface area contributed by atoms with Crippen molar-refractivity contribution in [3.8, 4) is 0 Å². The van der Waals surface area contributed by atoms with Gasteiger partial charge in [-0.2, -0.15) is 0 Å². The van der Waals surface area contributed by atoms with E-state index in [1.54, 1.807) is 0 Å². The maximum atomic E-state index is 11.8. The second-order valence-corrected chi connectivity index (χ2v) is 5.86. The van der Waals surface area contributed by atoms with Crippen LogP contribution in [0.5, 0.6) is 0 Å². The number of aliphatic hydroxyl groups is 1. The Hall–Kier alpha value is -1.14. The van der Waals surface area contributed by atoms with Gasteiger partial charge in [-0.1, -0.05) is 0 Å². The molecule has 2 atom stereocenters. The molecule has 0 aromatic carbocycles. The second kappa shape index (κ2) is 5.88. The smallest absolute Gasteiger partial charge is 0.321 e. The Morgan fingerprint density at radius 1 is 1.26 bits per heavy atom. The third kappa shape index (κ3) is 3.67. The molecule has 0 aromatic rings. The number of hydrogen-bond acceptors (Lipinski definition) is 4. The number of aliphatic hydroxyl groups excluding tert-OH is 1. The molecule has 2 fully saturated rings. The molecule has 2 unspecified atom stereocenters. The fourth-order valence-electron chi connectivity index (χ4n) is 3.13. The topological polar surface area (TPSA) is 81.7 Å². The Morgan fingerprint density at radius 3 is 2.37 bits per heavy atom. The number of hydrogen-bond donors (Lipinski definition) is 3. The highest BCUT2D eigenvalue weighted by Crippen LogP contribution is 2.35. The van der Waals surface area contributed by atoms with Crippen molar-refractivity contribution < 1.29 is 14.7 Å². The van der Waals surface area contributed by atoms with Gasteiger partial charge in [0.15, 0.2) is 0 Å². The average molecular weight is 269 g/mol. The predicted molar refractivity (Wildman–Crippen MR) is 70.6 cm³/mol. The lowest BCUT2D eigenvalue weighted by Crippen LogP contribution is -2.51. The van der Waals surface area contributed by atoms with E-state index in [1.807, 2.05) is 13.8 Å². The number of nitrogens with zero attached hydrogens (tertiary/aromatic N) is 1. The van der Waals surface area contributed by atoms with Crippen molar-refractivity contribution in [1.29, 1.82) is 0 Å². The van der Waals surface area contributed by atoms with Crippen LogP contribution in [0.25, 0.3) is 0 Å². The molecule has 2 saturated heterocycles. The minimum absolute atomic E-state index is 0.00844. The Morgan fingerprint density at radius 2 is 1.84 bits per heavy atom. The molecule has 0 spiro atoms. The first-order chi connectivity index (χ1) is 8.95. The molecule has 108 valence electrons. The van der Waals surface area contributed by atoms with Crippen LogP contribution >= 0.6 is 0 Å². The van der Waals surface area contributed by atoms with Crippen molar-refractivity contribution in [2.75, 3.05) is 6.54 Å². The van der Waals surface area contributed by atoms with E-state index in [0.29, 0.717) is 0 Å². The number of imide groups is 1. The highest BCUT2D eigenvalue weighted by molar-refractivity contribution is 5.95. The summed E-state index contributed by atoms with van der Waals surface area (Å²) in [5, 5.41) is 14.7. The van der Waals surface area contributed by atoms with Crippen LogP contribution < -0.4 is 10.6 Å². The van der Waals surface area contributed by atoms with Crippen LogP contribution in [0.15, 0.2) is 0 Å². The van der Waals surface area contributed by atoms with Gasteiger partial charge in [0.2, 0.25) is 5.91 Å². The van der Waals surface area contributed by atoms with E-state index < -0.39 is 6.03 Å². The van der Waals surface area contributed by atoms with Gasteiger partial charge in [-0.05, 0) is 39.5 Å². The summed E-state index contributed by atoms with van der Waals surface area (Å²) >= 11 is 0. The van der Waals surface area contributed by atoms with E-state index >= 15 is 0 Å². The van der Waals surface area contributed by atoms with Crippen molar-refractivity contribution in [2.45, 2.75) is 63.8 Å².